The van der Waals surface area contributed by atoms with Crippen molar-refractivity contribution in [2.45, 2.75) is 25.5 Å². The van der Waals surface area contributed by atoms with E-state index in [1.807, 2.05) is 0 Å². The monoisotopic (exact) mass is 339 g/mol. The Hall–Kier alpha value is -1.98. The summed E-state index contributed by atoms with van der Waals surface area (Å²) in [5.41, 5.74) is 0.565. The van der Waals surface area contributed by atoms with Gasteiger partial charge < -0.3 is 10.4 Å². The van der Waals surface area contributed by atoms with Crippen LogP contribution in [0.1, 0.15) is 24.2 Å². The fourth-order valence-electron chi connectivity index (χ4n) is 2.19. The first-order chi connectivity index (χ1) is 10.9. The van der Waals surface area contributed by atoms with Crippen LogP contribution in [0.2, 0.25) is 5.02 Å². The first kappa shape index (κ1) is 17.4. The molecule has 3 nitrogen and oxygen atoms in total. The predicted molar refractivity (Wildman–Crippen MR) is 84.1 cm³/mol. The molecule has 0 fully saturated rings. The predicted octanol–water partition coefficient (Wildman–Crippen LogP) is 3.40. The number of aliphatic hydroxyl groups is 1. The van der Waals surface area contributed by atoms with Crippen molar-refractivity contribution >= 4 is 17.5 Å². The highest BCUT2D eigenvalue weighted by molar-refractivity contribution is 6.30. The number of hydrogen-bond donors (Lipinski definition) is 2. The van der Waals surface area contributed by atoms with Crippen molar-refractivity contribution in [2.75, 3.05) is 0 Å². The van der Waals surface area contributed by atoms with E-state index in [0.717, 1.165) is 6.07 Å². The normalized spacial score (nSPS) is 13.4. The molecule has 0 heterocycles. The van der Waals surface area contributed by atoms with Gasteiger partial charge in [0.25, 0.3) is 0 Å². The lowest BCUT2D eigenvalue weighted by Gasteiger charge is -2.21. The van der Waals surface area contributed by atoms with Crippen molar-refractivity contribution < 1.29 is 18.7 Å². The second-order valence-corrected chi connectivity index (χ2v) is 5.68. The van der Waals surface area contributed by atoms with Gasteiger partial charge >= 0.3 is 0 Å². The topological polar surface area (TPSA) is 49.3 Å². The smallest absolute Gasteiger partial charge is 0.224 e. The Balaban J connectivity index is 1.99. The molecule has 0 aliphatic rings. The largest absolute Gasteiger partial charge is 0.386 e. The molecule has 0 aliphatic carbocycles. The molecule has 0 saturated carbocycles. The van der Waals surface area contributed by atoms with Gasteiger partial charge in [0, 0.05) is 10.6 Å². The third-order valence-corrected chi connectivity index (χ3v) is 3.71. The molecular weight excluding hydrogens is 324 g/mol. The summed E-state index contributed by atoms with van der Waals surface area (Å²) in [6.07, 6.45) is -1.24. The second kappa shape index (κ2) is 7.53. The molecule has 2 N–H and O–H groups in total. The molecule has 122 valence electrons. The zero-order valence-corrected chi connectivity index (χ0v) is 13.1. The fraction of sp³-hybridized carbons (Fsp3) is 0.235. The number of halogens is 3. The third-order valence-electron chi connectivity index (χ3n) is 3.46. The lowest BCUT2D eigenvalue weighted by atomic mass is 10.0. The molecule has 0 saturated heterocycles. The van der Waals surface area contributed by atoms with Crippen LogP contribution in [-0.4, -0.2) is 17.1 Å². The minimum absolute atomic E-state index is 0.0318. The summed E-state index contributed by atoms with van der Waals surface area (Å²) in [6, 6.07) is 9.66. The van der Waals surface area contributed by atoms with Gasteiger partial charge in [0.1, 0.15) is 0 Å². The maximum Gasteiger partial charge on any atom is 0.224 e. The van der Waals surface area contributed by atoms with Crippen molar-refractivity contribution in [3.63, 3.8) is 0 Å². The Labute approximate surface area is 137 Å². The lowest BCUT2D eigenvalue weighted by molar-refractivity contribution is -0.121. The summed E-state index contributed by atoms with van der Waals surface area (Å²) in [5, 5.41) is 13.3. The molecule has 2 aromatic rings. The van der Waals surface area contributed by atoms with Gasteiger partial charge in [-0.1, -0.05) is 35.9 Å². The lowest BCUT2D eigenvalue weighted by Crippen LogP contribution is -2.38. The molecular formula is C17H16ClF2NO2. The van der Waals surface area contributed by atoms with Crippen molar-refractivity contribution in [3.05, 3.63) is 70.2 Å². The third kappa shape index (κ3) is 4.50. The van der Waals surface area contributed by atoms with Crippen LogP contribution in [0, 0.1) is 11.6 Å². The van der Waals surface area contributed by atoms with E-state index in [0.29, 0.717) is 10.6 Å². The highest BCUT2D eigenvalue weighted by Crippen LogP contribution is 2.19. The van der Waals surface area contributed by atoms with E-state index in [2.05, 4.69) is 5.32 Å². The van der Waals surface area contributed by atoms with Gasteiger partial charge in [0.15, 0.2) is 11.6 Å². The summed E-state index contributed by atoms with van der Waals surface area (Å²) in [7, 11) is 0. The van der Waals surface area contributed by atoms with Crippen LogP contribution in [0.3, 0.4) is 0 Å². The van der Waals surface area contributed by atoms with Gasteiger partial charge in [-0.15, -0.1) is 0 Å². The number of benzene rings is 2. The first-order valence-electron chi connectivity index (χ1n) is 7.04. The maximum absolute atomic E-state index is 13.5. The molecule has 0 aromatic heterocycles. The Bertz CT molecular complexity index is 691. The quantitative estimate of drug-likeness (QED) is 0.877. The molecule has 2 atom stereocenters. The Morgan fingerprint density at radius 3 is 2.52 bits per heavy atom. The van der Waals surface area contributed by atoms with Crippen LogP contribution in [0.4, 0.5) is 8.78 Å². The minimum Gasteiger partial charge on any atom is -0.386 e. The average molecular weight is 340 g/mol. The van der Waals surface area contributed by atoms with E-state index in [-0.39, 0.29) is 12.0 Å². The van der Waals surface area contributed by atoms with Crippen LogP contribution < -0.4 is 5.32 Å². The van der Waals surface area contributed by atoms with Gasteiger partial charge in [-0.2, -0.15) is 0 Å². The zero-order chi connectivity index (χ0) is 17.0. The van der Waals surface area contributed by atoms with E-state index in [4.69, 9.17) is 11.6 Å². The van der Waals surface area contributed by atoms with E-state index in [1.54, 1.807) is 31.2 Å². The molecule has 2 unspecified atom stereocenters. The van der Waals surface area contributed by atoms with Crippen molar-refractivity contribution in [1.29, 1.82) is 0 Å². The van der Waals surface area contributed by atoms with Gasteiger partial charge in [-0.3, -0.25) is 4.79 Å². The van der Waals surface area contributed by atoms with Crippen molar-refractivity contribution in [3.8, 4) is 0 Å². The number of carbonyl (C=O) groups excluding carboxylic acids is 1. The summed E-state index contributed by atoms with van der Waals surface area (Å²) < 4.78 is 26.7. The fourth-order valence-corrected chi connectivity index (χ4v) is 2.32. The average Bonchev–Trinajstić information content (AvgIpc) is 2.52. The van der Waals surface area contributed by atoms with Gasteiger partial charge in [0.2, 0.25) is 5.91 Å². The second-order valence-electron chi connectivity index (χ2n) is 5.24. The zero-order valence-electron chi connectivity index (χ0n) is 12.4. The molecule has 0 spiro atoms. The van der Waals surface area contributed by atoms with Gasteiger partial charge in [-0.05, 0) is 30.7 Å². The molecule has 0 aliphatic heterocycles. The summed E-state index contributed by atoms with van der Waals surface area (Å²) in [4.78, 5) is 11.9. The van der Waals surface area contributed by atoms with Crippen LogP contribution in [-0.2, 0) is 11.2 Å². The Morgan fingerprint density at radius 1 is 1.22 bits per heavy atom. The molecule has 23 heavy (non-hydrogen) atoms. The van der Waals surface area contributed by atoms with Crippen molar-refractivity contribution in [2.24, 2.45) is 0 Å². The highest BCUT2D eigenvalue weighted by atomic mass is 35.5. The van der Waals surface area contributed by atoms with Crippen LogP contribution in [0.25, 0.3) is 0 Å². The SMILES string of the molecule is CC(NC(=O)Cc1cccc(F)c1F)C(O)c1ccc(Cl)cc1. The van der Waals surface area contributed by atoms with E-state index in [1.165, 1.54) is 12.1 Å². The number of aliphatic hydroxyl groups excluding tert-OH is 1. The number of nitrogens with one attached hydrogen (secondary N) is 1. The van der Waals surface area contributed by atoms with E-state index in [9.17, 15) is 18.7 Å². The number of carbonyl (C=O) groups is 1. The molecule has 0 radical (unpaired) electrons. The molecule has 2 aromatic carbocycles. The molecule has 6 heteroatoms. The number of hydrogen-bond acceptors (Lipinski definition) is 2. The minimum atomic E-state index is -1.03. The summed E-state index contributed by atoms with van der Waals surface area (Å²) in [5.74, 6) is -2.53. The molecule has 1 amide bonds. The number of rotatable bonds is 5. The van der Waals surface area contributed by atoms with E-state index < -0.39 is 29.7 Å². The van der Waals surface area contributed by atoms with Gasteiger partial charge in [0.05, 0.1) is 18.6 Å². The van der Waals surface area contributed by atoms with Crippen LogP contribution in [0.5, 0.6) is 0 Å². The summed E-state index contributed by atoms with van der Waals surface area (Å²) >= 11 is 5.78. The standard InChI is InChI=1S/C17H16ClF2NO2/c1-10(17(23)11-5-7-13(18)8-6-11)21-15(22)9-12-3-2-4-14(19)16(12)20/h2-8,10,17,23H,9H2,1H3,(H,21,22). The first-order valence-corrected chi connectivity index (χ1v) is 7.42. The van der Waals surface area contributed by atoms with Crippen LogP contribution in [0.15, 0.2) is 42.5 Å². The van der Waals surface area contributed by atoms with Crippen LogP contribution >= 0.6 is 11.6 Å². The Morgan fingerprint density at radius 2 is 1.87 bits per heavy atom. The highest BCUT2D eigenvalue weighted by Gasteiger charge is 2.19. The maximum atomic E-state index is 13.5. The summed E-state index contributed by atoms with van der Waals surface area (Å²) in [6.45, 7) is 1.62. The number of amides is 1. The van der Waals surface area contributed by atoms with E-state index >= 15 is 0 Å². The molecule has 0 bridgehead atoms. The van der Waals surface area contributed by atoms with Gasteiger partial charge in [-0.25, -0.2) is 8.78 Å². The molecule has 2 rings (SSSR count). The van der Waals surface area contributed by atoms with Crippen molar-refractivity contribution in [1.82, 2.24) is 5.32 Å². The Kier molecular flexibility index (Phi) is 5.69.